The van der Waals surface area contributed by atoms with Crippen LogP contribution in [0.5, 0.6) is 17.2 Å². The summed E-state index contributed by atoms with van der Waals surface area (Å²) in [5.41, 5.74) is 3.40. The van der Waals surface area contributed by atoms with E-state index >= 15 is 0 Å². The molecule has 0 N–H and O–H groups in total. The number of para-hydroxylation sites is 1. The van der Waals surface area contributed by atoms with Crippen molar-refractivity contribution in [3.8, 4) is 23.3 Å². The highest BCUT2D eigenvalue weighted by molar-refractivity contribution is 14.1. The van der Waals surface area contributed by atoms with Crippen LogP contribution in [0.1, 0.15) is 62.9 Å². The summed E-state index contributed by atoms with van der Waals surface area (Å²) < 4.78 is 26.5. The van der Waals surface area contributed by atoms with E-state index in [2.05, 4.69) is 28.7 Å². The van der Waals surface area contributed by atoms with E-state index < -0.39 is 12.0 Å². The van der Waals surface area contributed by atoms with E-state index in [1.54, 1.807) is 36.6 Å². The number of nitriles is 1. The number of hydrogen-bond acceptors (Lipinski definition) is 9. The molecular formula is C36H34IN3O6S. The third kappa shape index (κ3) is 7.44. The molecule has 0 radical (unpaired) electrons. The maximum absolute atomic E-state index is 14.2. The molecule has 2 heterocycles. The Balaban J connectivity index is 1.60. The second-order valence-electron chi connectivity index (χ2n) is 10.9. The molecular weight excluding hydrogens is 729 g/mol. The van der Waals surface area contributed by atoms with Crippen molar-refractivity contribution in [2.24, 2.45) is 4.99 Å². The zero-order valence-electron chi connectivity index (χ0n) is 26.7. The smallest absolute Gasteiger partial charge is 0.338 e. The van der Waals surface area contributed by atoms with Crippen LogP contribution in [0, 0.1) is 14.9 Å². The van der Waals surface area contributed by atoms with E-state index in [1.165, 1.54) is 11.3 Å². The van der Waals surface area contributed by atoms with E-state index in [0.717, 1.165) is 14.7 Å². The first kappa shape index (κ1) is 33.9. The van der Waals surface area contributed by atoms with E-state index in [0.29, 0.717) is 62.2 Å². The molecule has 0 saturated carbocycles. The largest absolute Gasteiger partial charge is 0.491 e. The van der Waals surface area contributed by atoms with Gasteiger partial charge in [0.15, 0.2) is 16.3 Å². The molecule has 0 unspecified atom stereocenters. The second kappa shape index (κ2) is 15.0. The van der Waals surface area contributed by atoms with Crippen molar-refractivity contribution in [1.29, 1.82) is 5.26 Å². The SMILES string of the molecule is CCOC(=O)C1=C(C)N=c2s/c(=C\c3cc(I)c(OCc4ccc(C#N)cc4)c(OCC)c3)c(=O)n2[C@H]1c1ccccc1OC(C)C. The minimum absolute atomic E-state index is 0.124. The minimum Gasteiger partial charge on any atom is -0.491 e. The van der Waals surface area contributed by atoms with Crippen molar-refractivity contribution in [2.75, 3.05) is 13.2 Å². The standard InChI is InChI=1S/C36H34IN3O6S/c1-6-43-29-17-25(16-27(37)33(29)45-20-24-14-12-23(19-38)13-15-24)18-30-34(41)40-32(26-10-8-9-11-28(26)46-21(3)4)31(35(42)44-7-2)22(5)39-36(40)47-30/h8-18,21,32H,6-7,20H2,1-5H3/b30-18-/t32-/m0/s1. The van der Waals surface area contributed by atoms with E-state index in [-0.39, 0.29) is 18.3 Å². The summed E-state index contributed by atoms with van der Waals surface area (Å²) in [5.74, 6) is 1.18. The molecule has 5 rings (SSSR count). The highest BCUT2D eigenvalue weighted by Crippen LogP contribution is 2.37. The molecule has 11 heteroatoms. The number of allylic oxidation sites excluding steroid dienone is 1. The number of ether oxygens (including phenoxy) is 4. The van der Waals surface area contributed by atoms with Gasteiger partial charge in [-0.25, -0.2) is 9.79 Å². The second-order valence-corrected chi connectivity index (χ2v) is 13.0. The number of aromatic nitrogens is 1. The van der Waals surface area contributed by atoms with Crippen LogP contribution in [0.25, 0.3) is 6.08 Å². The van der Waals surface area contributed by atoms with Crippen LogP contribution in [-0.4, -0.2) is 29.9 Å². The van der Waals surface area contributed by atoms with Gasteiger partial charge in [0, 0.05) is 5.56 Å². The van der Waals surface area contributed by atoms with Gasteiger partial charge in [-0.1, -0.05) is 41.7 Å². The monoisotopic (exact) mass is 763 g/mol. The Morgan fingerprint density at radius 1 is 1.09 bits per heavy atom. The first-order chi connectivity index (χ1) is 22.6. The van der Waals surface area contributed by atoms with E-state index in [4.69, 9.17) is 29.2 Å². The molecule has 0 bridgehead atoms. The lowest BCUT2D eigenvalue weighted by molar-refractivity contribution is -0.139. The Morgan fingerprint density at radius 2 is 1.83 bits per heavy atom. The molecule has 1 aliphatic heterocycles. The Labute approximate surface area is 290 Å². The topological polar surface area (TPSA) is 112 Å². The number of fused-ring (bicyclic) bond motifs is 1. The maximum Gasteiger partial charge on any atom is 0.338 e. The summed E-state index contributed by atoms with van der Waals surface area (Å²) in [5, 5.41) is 9.08. The number of rotatable bonds is 11. The average molecular weight is 764 g/mol. The molecule has 242 valence electrons. The van der Waals surface area contributed by atoms with E-state index in [9.17, 15) is 9.59 Å². The molecule has 0 aliphatic carbocycles. The van der Waals surface area contributed by atoms with Gasteiger partial charge in [-0.05, 0) is 105 Å². The number of benzene rings is 3. The van der Waals surface area contributed by atoms with Crippen molar-refractivity contribution in [1.82, 2.24) is 4.57 Å². The van der Waals surface area contributed by atoms with Gasteiger partial charge in [-0.2, -0.15) is 5.26 Å². The highest BCUT2D eigenvalue weighted by atomic mass is 127. The Hall–Kier alpha value is -4.41. The van der Waals surface area contributed by atoms with Crippen molar-refractivity contribution in [3.05, 3.63) is 117 Å². The van der Waals surface area contributed by atoms with Gasteiger partial charge in [0.2, 0.25) is 0 Å². The molecule has 3 aromatic carbocycles. The van der Waals surface area contributed by atoms with Crippen molar-refractivity contribution in [3.63, 3.8) is 0 Å². The van der Waals surface area contributed by atoms with E-state index in [1.807, 2.05) is 69.3 Å². The van der Waals surface area contributed by atoms with Gasteiger partial charge < -0.3 is 18.9 Å². The minimum atomic E-state index is -0.792. The molecule has 4 aromatic rings. The fourth-order valence-electron chi connectivity index (χ4n) is 5.21. The third-order valence-corrected chi connectivity index (χ3v) is 8.97. The van der Waals surface area contributed by atoms with Gasteiger partial charge >= 0.3 is 5.97 Å². The van der Waals surface area contributed by atoms with Crippen LogP contribution in [0.2, 0.25) is 0 Å². The van der Waals surface area contributed by atoms with Crippen molar-refractivity contribution >= 4 is 46.0 Å². The van der Waals surface area contributed by atoms with Crippen molar-refractivity contribution in [2.45, 2.75) is 53.4 Å². The Kier molecular flexibility index (Phi) is 10.8. The number of carbonyl (C=O) groups excluding carboxylic acids is 1. The summed E-state index contributed by atoms with van der Waals surface area (Å²) in [6.45, 7) is 10.2. The van der Waals surface area contributed by atoms with Crippen LogP contribution in [0.15, 0.2) is 81.7 Å². The van der Waals surface area contributed by atoms with Gasteiger partial charge in [0.05, 0.1) is 50.3 Å². The van der Waals surface area contributed by atoms with Gasteiger partial charge in [0.25, 0.3) is 5.56 Å². The molecule has 0 amide bonds. The Bertz CT molecular complexity index is 2060. The predicted octanol–water partition coefficient (Wildman–Crippen LogP) is 6.04. The van der Waals surface area contributed by atoms with Gasteiger partial charge in [0.1, 0.15) is 18.4 Å². The quantitative estimate of drug-likeness (QED) is 0.135. The summed E-state index contributed by atoms with van der Waals surface area (Å²) in [6, 6.07) is 19.7. The lowest BCUT2D eigenvalue weighted by Gasteiger charge is -2.26. The number of thiazole rings is 1. The number of carbonyl (C=O) groups is 1. The molecule has 1 atom stereocenters. The molecule has 0 saturated heterocycles. The zero-order valence-corrected chi connectivity index (χ0v) is 29.7. The molecule has 0 fully saturated rings. The summed E-state index contributed by atoms with van der Waals surface area (Å²) >= 11 is 3.45. The highest BCUT2D eigenvalue weighted by Gasteiger charge is 2.35. The van der Waals surface area contributed by atoms with Crippen molar-refractivity contribution < 1.29 is 23.7 Å². The first-order valence-electron chi connectivity index (χ1n) is 15.2. The third-order valence-electron chi connectivity index (χ3n) is 7.19. The maximum atomic E-state index is 14.2. The van der Waals surface area contributed by atoms with Crippen LogP contribution in [-0.2, 0) is 16.1 Å². The number of nitrogens with zero attached hydrogens (tertiary/aromatic N) is 3. The lowest BCUT2D eigenvalue weighted by Crippen LogP contribution is -2.40. The molecule has 1 aliphatic rings. The van der Waals surface area contributed by atoms with Crippen LogP contribution < -0.4 is 29.1 Å². The Morgan fingerprint density at radius 3 is 2.51 bits per heavy atom. The van der Waals surface area contributed by atoms with Crippen LogP contribution in [0.4, 0.5) is 0 Å². The van der Waals surface area contributed by atoms with Crippen LogP contribution in [0.3, 0.4) is 0 Å². The number of halogens is 1. The molecule has 1 aromatic heterocycles. The first-order valence-corrected chi connectivity index (χ1v) is 17.1. The number of hydrogen-bond donors (Lipinski definition) is 0. The fraction of sp³-hybridized carbons (Fsp3) is 0.278. The predicted molar refractivity (Wildman–Crippen MR) is 188 cm³/mol. The van der Waals surface area contributed by atoms with Crippen LogP contribution >= 0.6 is 33.9 Å². The normalized spacial score (nSPS) is 14.3. The van der Waals surface area contributed by atoms with Gasteiger partial charge in [-0.3, -0.25) is 9.36 Å². The zero-order chi connectivity index (χ0) is 33.7. The summed E-state index contributed by atoms with van der Waals surface area (Å²) in [4.78, 5) is 32.7. The molecule has 9 nitrogen and oxygen atoms in total. The molecule has 47 heavy (non-hydrogen) atoms. The van der Waals surface area contributed by atoms with Gasteiger partial charge in [-0.15, -0.1) is 0 Å². The average Bonchev–Trinajstić information content (AvgIpc) is 3.34. The molecule has 0 spiro atoms. The summed E-state index contributed by atoms with van der Waals surface area (Å²) in [6.07, 6.45) is 1.68. The summed E-state index contributed by atoms with van der Waals surface area (Å²) in [7, 11) is 0. The lowest BCUT2D eigenvalue weighted by atomic mass is 9.95. The number of esters is 1. The fourth-order valence-corrected chi connectivity index (χ4v) is 7.04.